The fraction of sp³-hybridized carbons (Fsp3) is 0.900. The lowest BCUT2D eigenvalue weighted by molar-refractivity contribution is -0.151. The number of likely N-dealkylation sites (tertiary alicyclic amines) is 1. The van der Waals surface area contributed by atoms with Crippen molar-refractivity contribution in [2.24, 2.45) is 5.92 Å². The van der Waals surface area contributed by atoms with Gasteiger partial charge in [-0.25, -0.2) is 0 Å². The van der Waals surface area contributed by atoms with Crippen LogP contribution >= 0.6 is 0 Å². The van der Waals surface area contributed by atoms with Gasteiger partial charge in [0, 0.05) is 13.1 Å². The maximum absolute atomic E-state index is 11.7. The normalized spacial score (nSPS) is 29.1. The zero-order chi connectivity index (χ0) is 10.9. The highest BCUT2D eigenvalue weighted by Gasteiger charge is 2.34. The molecule has 1 aliphatic heterocycles. The van der Waals surface area contributed by atoms with Crippen LogP contribution in [0.1, 0.15) is 27.2 Å². The first kappa shape index (κ1) is 11.5. The molecule has 1 aliphatic rings. The van der Waals surface area contributed by atoms with E-state index < -0.39 is 5.60 Å². The van der Waals surface area contributed by atoms with Crippen LogP contribution < -0.4 is 0 Å². The minimum Gasteiger partial charge on any atom is -0.393 e. The highest BCUT2D eigenvalue weighted by atomic mass is 16.3. The number of hydrogen-bond donors (Lipinski definition) is 2. The number of aliphatic hydroxyl groups excluding tert-OH is 1. The Morgan fingerprint density at radius 1 is 1.50 bits per heavy atom. The van der Waals surface area contributed by atoms with E-state index in [9.17, 15) is 15.0 Å². The standard InChI is InChI=1S/C10H19NO3/c1-7-6-11(5-4-8(7)12)9(13)10(2,3)14/h7-8,12,14H,4-6H2,1-3H3. The van der Waals surface area contributed by atoms with E-state index in [0.29, 0.717) is 19.5 Å². The number of hydrogen-bond acceptors (Lipinski definition) is 3. The molecule has 1 heterocycles. The van der Waals surface area contributed by atoms with E-state index in [4.69, 9.17) is 0 Å². The number of amides is 1. The highest BCUT2D eigenvalue weighted by molar-refractivity contribution is 5.84. The van der Waals surface area contributed by atoms with Crippen LogP contribution in [0.3, 0.4) is 0 Å². The molecule has 14 heavy (non-hydrogen) atoms. The van der Waals surface area contributed by atoms with Gasteiger partial charge in [-0.3, -0.25) is 4.79 Å². The molecule has 1 fully saturated rings. The summed E-state index contributed by atoms with van der Waals surface area (Å²) in [6.07, 6.45) is 0.282. The molecular weight excluding hydrogens is 182 g/mol. The maximum Gasteiger partial charge on any atom is 0.253 e. The Morgan fingerprint density at radius 3 is 2.50 bits per heavy atom. The summed E-state index contributed by atoms with van der Waals surface area (Å²) < 4.78 is 0. The zero-order valence-corrected chi connectivity index (χ0v) is 9.03. The molecule has 0 bridgehead atoms. The summed E-state index contributed by atoms with van der Waals surface area (Å²) in [4.78, 5) is 13.3. The van der Waals surface area contributed by atoms with Gasteiger partial charge in [0.25, 0.3) is 5.91 Å². The van der Waals surface area contributed by atoms with Crippen LogP contribution in [0.5, 0.6) is 0 Å². The van der Waals surface area contributed by atoms with E-state index in [0.717, 1.165) is 0 Å². The van der Waals surface area contributed by atoms with Gasteiger partial charge >= 0.3 is 0 Å². The molecule has 0 spiro atoms. The molecule has 1 amide bonds. The molecule has 4 nitrogen and oxygen atoms in total. The molecular formula is C10H19NO3. The van der Waals surface area contributed by atoms with Crippen molar-refractivity contribution in [2.75, 3.05) is 13.1 Å². The first-order valence-corrected chi connectivity index (χ1v) is 5.02. The van der Waals surface area contributed by atoms with Crippen molar-refractivity contribution < 1.29 is 15.0 Å². The van der Waals surface area contributed by atoms with Crippen LogP contribution in [0.15, 0.2) is 0 Å². The number of aliphatic hydroxyl groups is 2. The highest BCUT2D eigenvalue weighted by Crippen LogP contribution is 2.19. The minimum absolute atomic E-state index is 0.0926. The number of carbonyl (C=O) groups is 1. The number of carbonyl (C=O) groups excluding carboxylic acids is 1. The van der Waals surface area contributed by atoms with E-state index >= 15 is 0 Å². The third kappa shape index (κ3) is 2.45. The Hall–Kier alpha value is -0.610. The second-order valence-corrected chi connectivity index (χ2v) is 4.64. The summed E-state index contributed by atoms with van der Waals surface area (Å²) in [7, 11) is 0. The second-order valence-electron chi connectivity index (χ2n) is 4.64. The van der Waals surface area contributed by atoms with Gasteiger partial charge in [-0.1, -0.05) is 6.92 Å². The lowest BCUT2D eigenvalue weighted by Gasteiger charge is -2.37. The Kier molecular flexibility index (Phi) is 3.17. The van der Waals surface area contributed by atoms with Crippen molar-refractivity contribution in [1.29, 1.82) is 0 Å². The molecule has 0 aromatic rings. The first-order chi connectivity index (χ1) is 6.32. The fourth-order valence-corrected chi connectivity index (χ4v) is 1.70. The van der Waals surface area contributed by atoms with Crippen LogP contribution in [0.4, 0.5) is 0 Å². The Balaban J connectivity index is 2.59. The molecule has 0 aliphatic carbocycles. The van der Waals surface area contributed by atoms with Gasteiger partial charge in [0.15, 0.2) is 0 Å². The largest absolute Gasteiger partial charge is 0.393 e. The summed E-state index contributed by atoms with van der Waals surface area (Å²) in [5.41, 5.74) is -1.30. The summed E-state index contributed by atoms with van der Waals surface area (Å²) >= 11 is 0. The van der Waals surface area contributed by atoms with Gasteiger partial charge < -0.3 is 15.1 Å². The number of rotatable bonds is 1. The maximum atomic E-state index is 11.7. The average molecular weight is 201 g/mol. The van der Waals surface area contributed by atoms with E-state index in [1.807, 2.05) is 6.92 Å². The van der Waals surface area contributed by atoms with Crippen LogP contribution in [0.2, 0.25) is 0 Å². The topological polar surface area (TPSA) is 60.8 Å². The van der Waals surface area contributed by atoms with Gasteiger partial charge in [0.2, 0.25) is 0 Å². The molecule has 2 N–H and O–H groups in total. The molecule has 2 atom stereocenters. The molecule has 1 saturated heterocycles. The summed E-state index contributed by atoms with van der Waals surface area (Å²) in [6.45, 7) is 5.96. The van der Waals surface area contributed by atoms with Gasteiger partial charge in [-0.2, -0.15) is 0 Å². The van der Waals surface area contributed by atoms with E-state index in [-0.39, 0.29) is 17.9 Å². The van der Waals surface area contributed by atoms with Crippen molar-refractivity contribution in [3.8, 4) is 0 Å². The van der Waals surface area contributed by atoms with Gasteiger partial charge in [-0.15, -0.1) is 0 Å². The smallest absolute Gasteiger partial charge is 0.253 e. The Morgan fingerprint density at radius 2 is 2.07 bits per heavy atom. The molecule has 82 valence electrons. The zero-order valence-electron chi connectivity index (χ0n) is 9.03. The van der Waals surface area contributed by atoms with E-state index in [1.54, 1.807) is 4.90 Å². The molecule has 0 aromatic heterocycles. The minimum atomic E-state index is -1.30. The molecule has 0 aromatic carbocycles. The monoisotopic (exact) mass is 201 g/mol. The molecule has 2 unspecified atom stereocenters. The molecule has 0 saturated carbocycles. The van der Waals surface area contributed by atoms with Crippen molar-refractivity contribution in [3.63, 3.8) is 0 Å². The van der Waals surface area contributed by atoms with Gasteiger partial charge in [0.05, 0.1) is 6.10 Å². The van der Waals surface area contributed by atoms with Crippen LogP contribution in [0.25, 0.3) is 0 Å². The van der Waals surface area contributed by atoms with Crippen molar-refractivity contribution in [3.05, 3.63) is 0 Å². The van der Waals surface area contributed by atoms with Crippen LogP contribution in [-0.4, -0.2) is 45.8 Å². The van der Waals surface area contributed by atoms with E-state index in [1.165, 1.54) is 13.8 Å². The van der Waals surface area contributed by atoms with Crippen molar-refractivity contribution in [2.45, 2.75) is 38.9 Å². The summed E-state index contributed by atoms with van der Waals surface area (Å²) in [5.74, 6) is -0.161. The number of piperidine rings is 1. The molecule has 4 heteroatoms. The van der Waals surface area contributed by atoms with Gasteiger partial charge in [0.1, 0.15) is 5.60 Å². The quantitative estimate of drug-likeness (QED) is 0.627. The number of nitrogens with zero attached hydrogens (tertiary/aromatic N) is 1. The van der Waals surface area contributed by atoms with Crippen LogP contribution in [0, 0.1) is 5.92 Å². The van der Waals surface area contributed by atoms with Crippen LogP contribution in [-0.2, 0) is 4.79 Å². The lowest BCUT2D eigenvalue weighted by Crippen LogP contribution is -2.51. The predicted octanol–water partition coefficient (Wildman–Crippen LogP) is -0.0134. The molecule has 1 rings (SSSR count). The van der Waals surface area contributed by atoms with Gasteiger partial charge in [-0.05, 0) is 26.2 Å². The molecule has 0 radical (unpaired) electrons. The Labute approximate surface area is 84.5 Å². The summed E-state index contributed by atoms with van der Waals surface area (Å²) in [6, 6.07) is 0. The average Bonchev–Trinajstić information content (AvgIpc) is 2.07. The Bertz CT molecular complexity index is 222. The fourth-order valence-electron chi connectivity index (χ4n) is 1.70. The summed E-state index contributed by atoms with van der Waals surface area (Å²) in [5, 5.41) is 19.0. The third-order valence-electron chi connectivity index (χ3n) is 2.67. The third-order valence-corrected chi connectivity index (χ3v) is 2.67. The van der Waals surface area contributed by atoms with Crippen molar-refractivity contribution >= 4 is 5.91 Å². The van der Waals surface area contributed by atoms with E-state index in [2.05, 4.69) is 0 Å². The second kappa shape index (κ2) is 3.87. The first-order valence-electron chi connectivity index (χ1n) is 5.02. The SMILES string of the molecule is CC1CN(C(=O)C(C)(C)O)CCC1O. The lowest BCUT2D eigenvalue weighted by atomic mass is 9.95. The van der Waals surface area contributed by atoms with Crippen molar-refractivity contribution in [1.82, 2.24) is 4.90 Å². The predicted molar refractivity (Wildman–Crippen MR) is 52.7 cm³/mol.